The zero-order valence-corrected chi connectivity index (χ0v) is 18.1. The predicted molar refractivity (Wildman–Crippen MR) is 116 cm³/mol. The molecule has 136 valence electrons. The van der Waals surface area contributed by atoms with E-state index in [1.807, 2.05) is 37.0 Å². The molecule has 0 spiro atoms. The zero-order chi connectivity index (χ0) is 16.9. The van der Waals surface area contributed by atoms with Crippen LogP contribution in [0.15, 0.2) is 29.3 Å². The molecule has 1 heterocycles. The van der Waals surface area contributed by atoms with E-state index in [1.54, 1.807) is 6.07 Å². The van der Waals surface area contributed by atoms with E-state index in [4.69, 9.17) is 0 Å². The molecule has 1 saturated heterocycles. The Labute approximate surface area is 166 Å². The standard InChI is InChI=1S/C17H28N4OS.HI/c1-17(2,23-4)13-19-16(18-3)21-11-9-20(10-12-21)14-7-5-6-8-15(14)22;/h5-8,22H,9-13H2,1-4H3,(H,18,19);1H. The van der Waals surface area contributed by atoms with E-state index in [1.165, 1.54) is 0 Å². The summed E-state index contributed by atoms with van der Waals surface area (Å²) in [4.78, 5) is 8.93. The van der Waals surface area contributed by atoms with E-state index in [9.17, 15) is 5.11 Å². The van der Waals surface area contributed by atoms with Crippen molar-refractivity contribution in [3.05, 3.63) is 24.3 Å². The highest BCUT2D eigenvalue weighted by Crippen LogP contribution is 2.27. The van der Waals surface area contributed by atoms with Gasteiger partial charge >= 0.3 is 0 Å². The van der Waals surface area contributed by atoms with Crippen molar-refractivity contribution >= 4 is 47.4 Å². The summed E-state index contributed by atoms with van der Waals surface area (Å²) in [6.07, 6.45) is 2.13. The highest BCUT2D eigenvalue weighted by Gasteiger charge is 2.23. The fraction of sp³-hybridized carbons (Fsp3) is 0.588. The summed E-state index contributed by atoms with van der Waals surface area (Å²) in [5.41, 5.74) is 0.915. The number of para-hydroxylation sites is 2. The van der Waals surface area contributed by atoms with Crippen molar-refractivity contribution in [2.24, 2.45) is 4.99 Å². The van der Waals surface area contributed by atoms with Gasteiger partial charge in [-0.25, -0.2) is 0 Å². The Morgan fingerprint density at radius 3 is 2.42 bits per heavy atom. The number of halogens is 1. The summed E-state index contributed by atoms with van der Waals surface area (Å²) in [5.74, 6) is 1.31. The van der Waals surface area contributed by atoms with Gasteiger partial charge < -0.3 is 20.2 Å². The molecule has 0 unspecified atom stereocenters. The van der Waals surface area contributed by atoms with Gasteiger partial charge in [0.05, 0.1) is 5.69 Å². The molecule has 1 aliphatic rings. The molecule has 2 rings (SSSR count). The average Bonchev–Trinajstić information content (AvgIpc) is 2.56. The van der Waals surface area contributed by atoms with E-state index in [0.29, 0.717) is 5.75 Å². The summed E-state index contributed by atoms with van der Waals surface area (Å²) < 4.78 is 0.188. The van der Waals surface area contributed by atoms with Crippen LogP contribution >= 0.6 is 35.7 Å². The van der Waals surface area contributed by atoms with Crippen LogP contribution in [0.3, 0.4) is 0 Å². The molecule has 0 atom stereocenters. The van der Waals surface area contributed by atoms with Crippen LogP contribution in [0.25, 0.3) is 0 Å². The second kappa shape index (κ2) is 9.60. The molecule has 1 aromatic carbocycles. The van der Waals surface area contributed by atoms with Gasteiger partial charge in [-0.3, -0.25) is 4.99 Å². The molecule has 7 heteroatoms. The fourth-order valence-electron chi connectivity index (χ4n) is 2.59. The van der Waals surface area contributed by atoms with Crippen molar-refractivity contribution in [1.29, 1.82) is 0 Å². The lowest BCUT2D eigenvalue weighted by molar-refractivity contribution is 0.368. The lowest BCUT2D eigenvalue weighted by atomic mass is 10.2. The van der Waals surface area contributed by atoms with Crippen LogP contribution in [0.2, 0.25) is 0 Å². The normalized spacial score (nSPS) is 15.9. The number of hydrogen-bond acceptors (Lipinski definition) is 4. The maximum atomic E-state index is 9.99. The zero-order valence-electron chi connectivity index (χ0n) is 15.0. The Morgan fingerprint density at radius 1 is 1.25 bits per heavy atom. The molecule has 5 nitrogen and oxygen atoms in total. The quantitative estimate of drug-likeness (QED) is 0.408. The Balaban J connectivity index is 0.00000288. The number of nitrogens with zero attached hydrogens (tertiary/aromatic N) is 3. The molecular formula is C17H29IN4OS. The SMILES string of the molecule is CN=C(NCC(C)(C)SC)N1CCN(c2ccccc2O)CC1.I. The second-order valence-electron chi connectivity index (χ2n) is 6.33. The number of phenols is 1. The van der Waals surface area contributed by atoms with Gasteiger partial charge in [-0.1, -0.05) is 12.1 Å². The Bertz CT molecular complexity index is 545. The molecule has 0 aliphatic carbocycles. The van der Waals surface area contributed by atoms with E-state index >= 15 is 0 Å². The van der Waals surface area contributed by atoms with Gasteiger partial charge in [0, 0.05) is 44.5 Å². The van der Waals surface area contributed by atoms with Gasteiger partial charge in [-0.05, 0) is 32.2 Å². The number of anilines is 1. The van der Waals surface area contributed by atoms with Crippen LogP contribution in [0.1, 0.15) is 13.8 Å². The van der Waals surface area contributed by atoms with Gasteiger partial charge in [0.15, 0.2) is 5.96 Å². The summed E-state index contributed by atoms with van der Waals surface area (Å²) in [7, 11) is 1.84. The minimum atomic E-state index is 0. The number of phenolic OH excluding ortho intramolecular Hbond substituents is 1. The van der Waals surface area contributed by atoms with Crippen molar-refractivity contribution in [3.63, 3.8) is 0 Å². The van der Waals surface area contributed by atoms with E-state index in [0.717, 1.165) is 44.4 Å². The third kappa shape index (κ3) is 5.61. The van der Waals surface area contributed by atoms with Crippen LogP contribution in [0.5, 0.6) is 5.75 Å². The summed E-state index contributed by atoms with van der Waals surface area (Å²) in [6.45, 7) is 8.90. The number of rotatable bonds is 4. The van der Waals surface area contributed by atoms with E-state index in [2.05, 4.69) is 40.2 Å². The minimum absolute atomic E-state index is 0. The Hall–Kier alpha value is -0.830. The van der Waals surface area contributed by atoms with Crippen LogP contribution in [-0.2, 0) is 0 Å². The Kier molecular flexibility index (Phi) is 8.49. The maximum Gasteiger partial charge on any atom is 0.193 e. The first-order valence-corrected chi connectivity index (χ1v) is 9.23. The molecule has 24 heavy (non-hydrogen) atoms. The number of nitrogens with one attached hydrogen (secondary N) is 1. The van der Waals surface area contributed by atoms with E-state index < -0.39 is 0 Å². The topological polar surface area (TPSA) is 51.1 Å². The minimum Gasteiger partial charge on any atom is -0.506 e. The average molecular weight is 464 g/mol. The van der Waals surface area contributed by atoms with Crippen LogP contribution in [-0.4, -0.2) is 66.7 Å². The molecule has 0 amide bonds. The van der Waals surface area contributed by atoms with Gasteiger partial charge in [0.2, 0.25) is 0 Å². The van der Waals surface area contributed by atoms with Crippen LogP contribution < -0.4 is 10.2 Å². The molecule has 0 saturated carbocycles. The summed E-state index contributed by atoms with van der Waals surface area (Å²) in [6, 6.07) is 7.53. The first kappa shape index (κ1) is 21.2. The molecular weight excluding hydrogens is 435 g/mol. The van der Waals surface area contributed by atoms with Crippen LogP contribution in [0.4, 0.5) is 5.69 Å². The highest BCUT2D eigenvalue weighted by atomic mass is 127. The monoisotopic (exact) mass is 464 g/mol. The van der Waals surface area contributed by atoms with Crippen molar-refractivity contribution in [2.45, 2.75) is 18.6 Å². The first-order valence-electron chi connectivity index (χ1n) is 8.00. The molecule has 1 fully saturated rings. The molecule has 0 radical (unpaired) electrons. The number of benzene rings is 1. The summed E-state index contributed by atoms with van der Waals surface area (Å²) >= 11 is 1.85. The molecule has 0 aromatic heterocycles. The number of thioether (sulfide) groups is 1. The van der Waals surface area contributed by atoms with Gasteiger partial charge in [0.1, 0.15) is 5.75 Å². The second-order valence-corrected chi connectivity index (χ2v) is 7.84. The maximum absolute atomic E-state index is 9.99. The largest absolute Gasteiger partial charge is 0.506 e. The summed E-state index contributed by atoms with van der Waals surface area (Å²) in [5, 5.41) is 13.5. The Morgan fingerprint density at radius 2 is 1.88 bits per heavy atom. The number of guanidine groups is 1. The smallest absolute Gasteiger partial charge is 0.193 e. The lowest BCUT2D eigenvalue weighted by Gasteiger charge is -2.38. The number of piperazine rings is 1. The fourth-order valence-corrected chi connectivity index (χ4v) is 2.80. The lowest BCUT2D eigenvalue weighted by Crippen LogP contribution is -2.54. The first-order chi connectivity index (χ1) is 11.0. The molecule has 0 bridgehead atoms. The van der Waals surface area contributed by atoms with Gasteiger partial charge in [-0.2, -0.15) is 11.8 Å². The number of aliphatic imine (C=N–C) groups is 1. The highest BCUT2D eigenvalue weighted by molar-refractivity contribution is 14.0. The predicted octanol–water partition coefficient (Wildman–Crippen LogP) is 2.85. The third-order valence-electron chi connectivity index (χ3n) is 4.24. The number of hydrogen-bond donors (Lipinski definition) is 2. The van der Waals surface area contributed by atoms with Crippen molar-refractivity contribution < 1.29 is 5.11 Å². The number of aromatic hydroxyl groups is 1. The van der Waals surface area contributed by atoms with Crippen molar-refractivity contribution in [3.8, 4) is 5.75 Å². The molecule has 2 N–H and O–H groups in total. The van der Waals surface area contributed by atoms with Crippen LogP contribution in [0, 0.1) is 0 Å². The van der Waals surface area contributed by atoms with Crippen molar-refractivity contribution in [2.75, 3.05) is 50.9 Å². The molecule has 1 aliphatic heterocycles. The van der Waals surface area contributed by atoms with Crippen molar-refractivity contribution in [1.82, 2.24) is 10.2 Å². The molecule has 1 aromatic rings. The third-order valence-corrected chi connectivity index (χ3v) is 5.49. The van der Waals surface area contributed by atoms with Gasteiger partial charge in [0.25, 0.3) is 0 Å². The van der Waals surface area contributed by atoms with E-state index in [-0.39, 0.29) is 28.7 Å². The van der Waals surface area contributed by atoms with Gasteiger partial charge in [-0.15, -0.1) is 24.0 Å².